The van der Waals surface area contributed by atoms with E-state index >= 15 is 0 Å². The fourth-order valence-electron chi connectivity index (χ4n) is 4.09. The number of likely N-dealkylation sites (tertiary alicyclic amines) is 1. The van der Waals surface area contributed by atoms with Crippen molar-refractivity contribution in [1.82, 2.24) is 9.80 Å². The van der Waals surface area contributed by atoms with Crippen LogP contribution in [0, 0.1) is 5.92 Å². The first-order valence-electron chi connectivity index (χ1n) is 9.77. The van der Waals surface area contributed by atoms with Crippen LogP contribution in [0.5, 0.6) is 0 Å². The second-order valence-electron chi connectivity index (χ2n) is 7.82. The van der Waals surface area contributed by atoms with Gasteiger partial charge in [0.1, 0.15) is 0 Å². The molecule has 3 rings (SSSR count). The van der Waals surface area contributed by atoms with Crippen molar-refractivity contribution in [3.8, 4) is 0 Å². The molecule has 1 heterocycles. The van der Waals surface area contributed by atoms with Crippen LogP contribution in [0.15, 0.2) is 18.2 Å². The first-order valence-corrected chi connectivity index (χ1v) is 10.1. The van der Waals surface area contributed by atoms with Gasteiger partial charge in [-0.2, -0.15) is 13.2 Å². The van der Waals surface area contributed by atoms with Crippen LogP contribution < -0.4 is 5.32 Å². The van der Waals surface area contributed by atoms with E-state index in [0.717, 1.165) is 37.8 Å². The van der Waals surface area contributed by atoms with E-state index in [2.05, 4.69) is 5.32 Å². The molecule has 1 saturated heterocycles. The Kier molecular flexibility index (Phi) is 6.59. The first-order chi connectivity index (χ1) is 14.1. The number of benzene rings is 1. The number of alkyl halides is 3. The molecule has 2 fully saturated rings. The van der Waals surface area contributed by atoms with Crippen LogP contribution in [0.4, 0.5) is 18.9 Å². The molecule has 0 unspecified atom stereocenters. The summed E-state index contributed by atoms with van der Waals surface area (Å²) in [5, 5.41) is 1.88. The molecule has 1 saturated carbocycles. The summed E-state index contributed by atoms with van der Waals surface area (Å²) in [6.45, 7) is 0.0113. The zero-order valence-corrected chi connectivity index (χ0v) is 17.2. The molecule has 1 aromatic rings. The Bertz CT molecular complexity index is 840. The van der Waals surface area contributed by atoms with Gasteiger partial charge in [-0.15, -0.1) is 0 Å². The van der Waals surface area contributed by atoms with Gasteiger partial charge in [-0.3, -0.25) is 14.4 Å². The van der Waals surface area contributed by atoms with E-state index in [1.807, 2.05) is 0 Å². The lowest BCUT2D eigenvalue weighted by Crippen LogP contribution is -2.40. The molecule has 3 amide bonds. The lowest BCUT2D eigenvalue weighted by atomic mass is 10.1. The molecule has 1 aliphatic carbocycles. The van der Waals surface area contributed by atoms with Crippen molar-refractivity contribution in [2.24, 2.45) is 5.92 Å². The third kappa shape index (κ3) is 5.06. The van der Waals surface area contributed by atoms with E-state index in [9.17, 15) is 27.6 Å². The average molecular weight is 446 g/mol. The van der Waals surface area contributed by atoms with Crippen LogP contribution in [0.3, 0.4) is 0 Å². The minimum absolute atomic E-state index is 0.0426. The van der Waals surface area contributed by atoms with Gasteiger partial charge in [0.05, 0.1) is 23.0 Å². The molecular formula is C20H23ClF3N3O3. The zero-order valence-electron chi connectivity index (χ0n) is 16.5. The standard InChI is InChI=1S/C20H23ClF3N3O3/c1-26(19(30)12-8-18(29)27(10-12)14-4-2-3-5-14)11-17(28)25-13-6-7-16(21)15(9-13)20(22,23)24/h6-7,9,12,14H,2-5,8,10-11H2,1H3,(H,25,28)/t12-/m0/s1. The minimum Gasteiger partial charge on any atom is -0.339 e. The van der Waals surface area contributed by atoms with Gasteiger partial charge < -0.3 is 15.1 Å². The molecule has 1 N–H and O–H groups in total. The minimum atomic E-state index is -4.65. The second kappa shape index (κ2) is 8.83. The van der Waals surface area contributed by atoms with Crippen LogP contribution in [-0.2, 0) is 20.6 Å². The van der Waals surface area contributed by atoms with E-state index in [1.54, 1.807) is 4.90 Å². The number of likely N-dealkylation sites (N-methyl/N-ethyl adjacent to an activating group) is 1. The summed E-state index contributed by atoms with van der Waals surface area (Å²) >= 11 is 5.57. The van der Waals surface area contributed by atoms with E-state index < -0.39 is 28.6 Å². The molecule has 0 aromatic heterocycles. The maximum atomic E-state index is 12.9. The van der Waals surface area contributed by atoms with E-state index in [-0.39, 0.29) is 36.5 Å². The number of amides is 3. The number of carbonyl (C=O) groups excluding carboxylic acids is 3. The van der Waals surface area contributed by atoms with Gasteiger partial charge in [0.2, 0.25) is 17.7 Å². The van der Waals surface area contributed by atoms with E-state index in [1.165, 1.54) is 18.0 Å². The Morgan fingerprint density at radius 1 is 1.27 bits per heavy atom. The van der Waals surface area contributed by atoms with Gasteiger partial charge in [-0.25, -0.2) is 0 Å². The van der Waals surface area contributed by atoms with Crippen molar-refractivity contribution < 1.29 is 27.6 Å². The van der Waals surface area contributed by atoms with Crippen molar-refractivity contribution in [2.75, 3.05) is 25.5 Å². The largest absolute Gasteiger partial charge is 0.417 e. The zero-order chi connectivity index (χ0) is 22.1. The highest BCUT2D eigenvalue weighted by atomic mass is 35.5. The normalized spacial score (nSPS) is 20.0. The van der Waals surface area contributed by atoms with Gasteiger partial charge >= 0.3 is 6.18 Å². The number of carbonyl (C=O) groups is 3. The topological polar surface area (TPSA) is 69.7 Å². The number of hydrogen-bond acceptors (Lipinski definition) is 3. The number of anilines is 1. The van der Waals surface area contributed by atoms with Crippen molar-refractivity contribution in [3.63, 3.8) is 0 Å². The van der Waals surface area contributed by atoms with Gasteiger partial charge in [-0.1, -0.05) is 24.4 Å². The third-order valence-electron chi connectivity index (χ3n) is 5.59. The number of nitrogens with one attached hydrogen (secondary N) is 1. The van der Waals surface area contributed by atoms with Crippen LogP contribution in [0.1, 0.15) is 37.7 Å². The number of nitrogens with zero attached hydrogens (tertiary/aromatic N) is 2. The highest BCUT2D eigenvalue weighted by Gasteiger charge is 2.40. The van der Waals surface area contributed by atoms with E-state index in [4.69, 9.17) is 11.6 Å². The van der Waals surface area contributed by atoms with Crippen molar-refractivity contribution in [3.05, 3.63) is 28.8 Å². The third-order valence-corrected chi connectivity index (χ3v) is 5.92. The second-order valence-corrected chi connectivity index (χ2v) is 8.23. The van der Waals surface area contributed by atoms with Crippen LogP contribution >= 0.6 is 11.6 Å². The summed E-state index contributed by atoms with van der Waals surface area (Å²) in [6.07, 6.45) is -0.474. The SMILES string of the molecule is CN(CC(=O)Nc1ccc(Cl)c(C(F)(F)F)c1)C(=O)[C@H]1CC(=O)N(C2CCCC2)C1. The Hall–Kier alpha value is -2.29. The quantitative estimate of drug-likeness (QED) is 0.753. The Labute approximate surface area is 177 Å². The molecule has 1 atom stereocenters. The lowest BCUT2D eigenvalue weighted by molar-refractivity contribution is -0.137. The molecule has 1 aromatic carbocycles. The molecule has 0 spiro atoms. The summed E-state index contributed by atoms with van der Waals surface area (Å²) < 4.78 is 38.8. The molecular weight excluding hydrogens is 423 g/mol. The maximum Gasteiger partial charge on any atom is 0.417 e. The molecule has 0 radical (unpaired) electrons. The number of halogens is 4. The van der Waals surface area contributed by atoms with Gasteiger partial charge in [-0.05, 0) is 31.0 Å². The number of hydrogen-bond donors (Lipinski definition) is 1. The van der Waals surface area contributed by atoms with Crippen LogP contribution in [0.2, 0.25) is 5.02 Å². The fraction of sp³-hybridized carbons (Fsp3) is 0.550. The molecule has 10 heteroatoms. The molecule has 6 nitrogen and oxygen atoms in total. The predicted octanol–water partition coefficient (Wildman–Crippen LogP) is 3.55. The summed E-state index contributed by atoms with van der Waals surface area (Å²) in [4.78, 5) is 40.1. The van der Waals surface area contributed by atoms with E-state index in [0.29, 0.717) is 6.54 Å². The van der Waals surface area contributed by atoms with Crippen LogP contribution in [0.25, 0.3) is 0 Å². The van der Waals surface area contributed by atoms with Gasteiger partial charge in [0.25, 0.3) is 0 Å². The Morgan fingerprint density at radius 2 is 1.93 bits per heavy atom. The van der Waals surface area contributed by atoms with Crippen molar-refractivity contribution in [1.29, 1.82) is 0 Å². The van der Waals surface area contributed by atoms with Crippen molar-refractivity contribution in [2.45, 2.75) is 44.3 Å². The van der Waals surface area contributed by atoms with Crippen molar-refractivity contribution >= 4 is 35.0 Å². The summed E-state index contributed by atoms with van der Waals surface area (Å²) in [7, 11) is 1.44. The maximum absolute atomic E-state index is 12.9. The monoisotopic (exact) mass is 445 g/mol. The van der Waals surface area contributed by atoms with Gasteiger partial charge in [0.15, 0.2) is 0 Å². The average Bonchev–Trinajstić information content (AvgIpc) is 3.31. The lowest BCUT2D eigenvalue weighted by Gasteiger charge is -2.25. The summed E-state index contributed by atoms with van der Waals surface area (Å²) in [6, 6.07) is 3.25. The summed E-state index contributed by atoms with van der Waals surface area (Å²) in [5.41, 5.74) is -1.12. The summed E-state index contributed by atoms with van der Waals surface area (Å²) in [5.74, 6) is -1.52. The van der Waals surface area contributed by atoms with Gasteiger partial charge in [0, 0.05) is 31.7 Å². The molecule has 30 heavy (non-hydrogen) atoms. The Morgan fingerprint density at radius 3 is 2.57 bits per heavy atom. The molecule has 164 valence electrons. The molecule has 0 bridgehead atoms. The fourth-order valence-corrected chi connectivity index (χ4v) is 4.32. The number of rotatable bonds is 5. The molecule has 1 aliphatic heterocycles. The highest BCUT2D eigenvalue weighted by Crippen LogP contribution is 2.36. The smallest absolute Gasteiger partial charge is 0.339 e. The van der Waals surface area contributed by atoms with Crippen LogP contribution in [-0.4, -0.2) is 53.7 Å². The highest BCUT2D eigenvalue weighted by molar-refractivity contribution is 6.31. The Balaban J connectivity index is 1.57. The predicted molar refractivity (Wildman–Crippen MR) is 105 cm³/mol. The first kappa shape index (κ1) is 22.4. The molecule has 2 aliphatic rings.